The van der Waals surface area contributed by atoms with E-state index in [4.69, 9.17) is 5.73 Å². The molecule has 4 bridgehead atoms. The summed E-state index contributed by atoms with van der Waals surface area (Å²) in [6.07, 6.45) is 8.87. The molecule has 4 aliphatic carbocycles. The summed E-state index contributed by atoms with van der Waals surface area (Å²) in [6, 6.07) is 2.32. The quantitative estimate of drug-likeness (QED) is 0.838. The maximum Gasteiger partial charge on any atom is 0.224 e. The minimum absolute atomic E-state index is 0.552. The van der Waals surface area contributed by atoms with E-state index in [2.05, 4.69) is 15.3 Å². The summed E-state index contributed by atoms with van der Waals surface area (Å²) < 4.78 is 0. The van der Waals surface area contributed by atoms with Crippen molar-refractivity contribution >= 4 is 11.8 Å². The van der Waals surface area contributed by atoms with Gasteiger partial charge in [-0.2, -0.15) is 4.98 Å². The molecular formula is C14H20N4. The molecule has 4 nitrogen and oxygen atoms in total. The Morgan fingerprint density at radius 2 is 1.72 bits per heavy atom. The van der Waals surface area contributed by atoms with Crippen molar-refractivity contribution in [2.75, 3.05) is 11.1 Å². The number of aromatic nitrogens is 2. The van der Waals surface area contributed by atoms with Crippen LogP contribution in [0.25, 0.3) is 0 Å². The third-order valence-corrected chi connectivity index (χ3v) is 5.20. The van der Waals surface area contributed by atoms with Crippen LogP contribution in [0.15, 0.2) is 12.3 Å². The van der Waals surface area contributed by atoms with Crippen molar-refractivity contribution in [1.29, 1.82) is 0 Å². The summed E-state index contributed by atoms with van der Waals surface area (Å²) in [5, 5.41) is 3.56. The second kappa shape index (κ2) is 3.84. The Labute approximate surface area is 107 Å². The van der Waals surface area contributed by atoms with Gasteiger partial charge in [0.25, 0.3) is 0 Å². The van der Waals surface area contributed by atoms with Crippen molar-refractivity contribution in [2.45, 2.75) is 38.1 Å². The van der Waals surface area contributed by atoms with Crippen molar-refractivity contribution in [1.82, 2.24) is 9.97 Å². The zero-order valence-corrected chi connectivity index (χ0v) is 10.5. The molecule has 4 fully saturated rings. The van der Waals surface area contributed by atoms with Gasteiger partial charge in [0.2, 0.25) is 5.95 Å². The van der Waals surface area contributed by atoms with Crippen LogP contribution >= 0.6 is 0 Å². The lowest BCUT2D eigenvalue weighted by Gasteiger charge is -2.54. The average molecular weight is 244 g/mol. The Morgan fingerprint density at radius 1 is 1.06 bits per heavy atom. The van der Waals surface area contributed by atoms with Crippen LogP contribution in [0.5, 0.6) is 0 Å². The van der Waals surface area contributed by atoms with Crippen molar-refractivity contribution < 1.29 is 0 Å². The van der Waals surface area contributed by atoms with Crippen molar-refractivity contribution in [3.8, 4) is 0 Å². The fourth-order valence-electron chi connectivity index (χ4n) is 4.75. The molecule has 1 heterocycles. The summed E-state index contributed by atoms with van der Waals surface area (Å²) >= 11 is 0. The molecule has 18 heavy (non-hydrogen) atoms. The highest BCUT2D eigenvalue weighted by Gasteiger charge is 2.48. The Bertz CT molecular complexity index is 431. The summed E-state index contributed by atoms with van der Waals surface area (Å²) in [5.41, 5.74) is 5.72. The van der Waals surface area contributed by atoms with Gasteiger partial charge in [0.1, 0.15) is 5.82 Å². The minimum atomic E-state index is 0.552. The fourth-order valence-corrected chi connectivity index (χ4v) is 4.75. The predicted octanol–water partition coefficient (Wildman–Crippen LogP) is 2.30. The molecule has 0 aromatic carbocycles. The van der Waals surface area contributed by atoms with E-state index in [0.717, 1.165) is 23.7 Å². The first-order valence-corrected chi connectivity index (χ1v) is 7.13. The summed E-state index contributed by atoms with van der Waals surface area (Å²) in [7, 11) is 0. The molecule has 1 aromatic heterocycles. The van der Waals surface area contributed by atoms with Crippen LogP contribution in [0.2, 0.25) is 0 Å². The lowest BCUT2D eigenvalue weighted by Crippen LogP contribution is -2.51. The molecule has 0 saturated heterocycles. The topological polar surface area (TPSA) is 63.8 Å². The van der Waals surface area contributed by atoms with E-state index in [0.29, 0.717) is 17.8 Å². The molecule has 3 N–H and O–H groups in total. The van der Waals surface area contributed by atoms with E-state index >= 15 is 0 Å². The van der Waals surface area contributed by atoms with E-state index in [9.17, 15) is 0 Å². The van der Waals surface area contributed by atoms with Gasteiger partial charge in [-0.15, -0.1) is 0 Å². The number of nitrogens with one attached hydrogen (secondary N) is 1. The van der Waals surface area contributed by atoms with Crippen molar-refractivity contribution in [3.63, 3.8) is 0 Å². The summed E-state index contributed by atoms with van der Waals surface area (Å²) in [5.74, 6) is 4.96. The highest BCUT2D eigenvalue weighted by molar-refractivity contribution is 5.36. The average Bonchev–Trinajstić information content (AvgIpc) is 2.33. The molecule has 5 rings (SSSR count). The second-order valence-corrected chi connectivity index (χ2v) is 6.41. The Kier molecular flexibility index (Phi) is 2.26. The number of hydrogen-bond donors (Lipinski definition) is 2. The summed E-state index contributed by atoms with van der Waals surface area (Å²) in [4.78, 5) is 8.57. The Morgan fingerprint density at radius 3 is 2.33 bits per heavy atom. The van der Waals surface area contributed by atoms with Gasteiger partial charge in [0.15, 0.2) is 0 Å². The first-order valence-electron chi connectivity index (χ1n) is 7.13. The molecular weight excluding hydrogens is 224 g/mol. The first kappa shape index (κ1) is 10.6. The smallest absolute Gasteiger partial charge is 0.224 e. The van der Waals surface area contributed by atoms with Crippen LogP contribution in [0.3, 0.4) is 0 Å². The highest BCUT2D eigenvalue weighted by atomic mass is 15.1. The van der Waals surface area contributed by atoms with Gasteiger partial charge in [-0.05, 0) is 61.8 Å². The van der Waals surface area contributed by atoms with Crippen LogP contribution < -0.4 is 11.1 Å². The van der Waals surface area contributed by atoms with Crippen LogP contribution in [0.1, 0.15) is 32.1 Å². The second-order valence-electron chi connectivity index (χ2n) is 6.41. The zero-order valence-electron chi connectivity index (χ0n) is 10.5. The van der Waals surface area contributed by atoms with Crippen LogP contribution in [-0.4, -0.2) is 16.0 Å². The molecule has 4 aliphatic rings. The van der Waals surface area contributed by atoms with E-state index in [1.54, 1.807) is 12.3 Å². The number of nitrogen functional groups attached to an aromatic ring is 1. The lowest BCUT2D eigenvalue weighted by molar-refractivity contribution is 0.00729. The van der Waals surface area contributed by atoms with Gasteiger partial charge in [0.05, 0.1) is 0 Å². The third kappa shape index (κ3) is 1.66. The van der Waals surface area contributed by atoms with E-state index in [-0.39, 0.29) is 0 Å². The number of anilines is 2. The van der Waals surface area contributed by atoms with Gasteiger partial charge in [-0.3, -0.25) is 0 Å². The molecule has 96 valence electrons. The third-order valence-electron chi connectivity index (χ3n) is 5.20. The Hall–Kier alpha value is -1.32. The van der Waals surface area contributed by atoms with Crippen LogP contribution in [0, 0.1) is 23.7 Å². The first-order chi connectivity index (χ1) is 8.78. The molecule has 0 aliphatic heterocycles. The van der Waals surface area contributed by atoms with Crippen LogP contribution in [0.4, 0.5) is 11.8 Å². The lowest BCUT2D eigenvalue weighted by atomic mass is 9.54. The number of nitrogens with zero attached hydrogens (tertiary/aromatic N) is 2. The van der Waals surface area contributed by atoms with Gasteiger partial charge >= 0.3 is 0 Å². The van der Waals surface area contributed by atoms with Gasteiger partial charge in [-0.25, -0.2) is 4.98 Å². The fraction of sp³-hybridized carbons (Fsp3) is 0.714. The Balaban J connectivity index is 1.55. The van der Waals surface area contributed by atoms with Crippen molar-refractivity contribution in [3.05, 3.63) is 12.3 Å². The SMILES string of the molecule is Nc1ccnc(NC2C3CC4CC(C3)CC2C4)n1. The summed E-state index contributed by atoms with van der Waals surface area (Å²) in [6.45, 7) is 0. The van der Waals surface area contributed by atoms with Gasteiger partial charge in [-0.1, -0.05) is 0 Å². The van der Waals surface area contributed by atoms with Crippen molar-refractivity contribution in [2.24, 2.45) is 23.7 Å². The van der Waals surface area contributed by atoms with Crippen LogP contribution in [-0.2, 0) is 0 Å². The largest absolute Gasteiger partial charge is 0.384 e. The molecule has 0 amide bonds. The normalized spacial score (nSPS) is 41.0. The standard InChI is InChI=1S/C14H20N4/c15-12-1-2-16-14(17-12)18-13-10-4-8-3-9(6-10)7-11(13)5-8/h1-2,8-11,13H,3-7H2,(H3,15,16,17,18). The minimum Gasteiger partial charge on any atom is -0.384 e. The molecule has 0 radical (unpaired) electrons. The predicted molar refractivity (Wildman–Crippen MR) is 70.9 cm³/mol. The highest BCUT2D eigenvalue weighted by Crippen LogP contribution is 2.54. The van der Waals surface area contributed by atoms with Gasteiger partial charge < -0.3 is 11.1 Å². The van der Waals surface area contributed by atoms with Gasteiger partial charge in [0, 0.05) is 12.2 Å². The molecule has 4 saturated carbocycles. The number of rotatable bonds is 2. The monoisotopic (exact) mass is 244 g/mol. The van der Waals surface area contributed by atoms with E-state index in [1.165, 1.54) is 32.1 Å². The molecule has 0 unspecified atom stereocenters. The van der Waals surface area contributed by atoms with E-state index in [1.807, 2.05) is 0 Å². The molecule has 4 heteroatoms. The zero-order chi connectivity index (χ0) is 12.1. The number of hydrogen-bond acceptors (Lipinski definition) is 4. The molecule has 0 spiro atoms. The molecule has 1 aromatic rings. The maximum atomic E-state index is 5.72. The maximum absolute atomic E-state index is 5.72. The van der Waals surface area contributed by atoms with E-state index < -0.39 is 0 Å². The molecule has 0 atom stereocenters. The number of nitrogens with two attached hydrogens (primary N) is 1.